The topological polar surface area (TPSA) is 149 Å². The van der Waals surface area contributed by atoms with Gasteiger partial charge in [0.05, 0.1) is 18.5 Å². The number of urea groups is 1. The van der Waals surface area contributed by atoms with Crippen molar-refractivity contribution in [2.45, 2.75) is 38.8 Å². The lowest BCUT2D eigenvalue weighted by atomic mass is 9.97. The summed E-state index contributed by atoms with van der Waals surface area (Å²) in [5, 5.41) is 10.8. The maximum Gasteiger partial charge on any atom is 0.317 e. The van der Waals surface area contributed by atoms with Crippen LogP contribution in [0, 0.1) is 5.92 Å². The van der Waals surface area contributed by atoms with E-state index in [9.17, 15) is 24.0 Å². The number of ether oxygens (including phenoxy) is 1. The van der Waals surface area contributed by atoms with Crippen LogP contribution in [0.4, 0.5) is 4.79 Å². The van der Waals surface area contributed by atoms with E-state index < -0.39 is 29.8 Å². The molecule has 3 atom stereocenters. The van der Waals surface area contributed by atoms with Crippen LogP contribution in [0.25, 0.3) is 0 Å². The van der Waals surface area contributed by atoms with Gasteiger partial charge in [0.25, 0.3) is 5.91 Å². The third-order valence-electron chi connectivity index (χ3n) is 6.63. The number of amides is 6. The lowest BCUT2D eigenvalue weighted by molar-refractivity contribution is -0.137. The number of benzene rings is 1. The Morgan fingerprint density at radius 2 is 1.92 bits per heavy atom. The van der Waals surface area contributed by atoms with Crippen molar-refractivity contribution in [1.29, 1.82) is 0 Å². The summed E-state index contributed by atoms with van der Waals surface area (Å²) in [5.41, 5.74) is 0.206. The highest BCUT2D eigenvalue weighted by Gasteiger charge is 2.32. The summed E-state index contributed by atoms with van der Waals surface area (Å²) in [5.74, 6) is -1.78. The normalized spacial score (nSPS) is 22.1. The summed E-state index contributed by atoms with van der Waals surface area (Å²) in [7, 11) is 1.63. The molecule has 0 aliphatic carbocycles. The molecule has 1 saturated heterocycles. The van der Waals surface area contributed by atoms with Gasteiger partial charge in [0.2, 0.25) is 17.7 Å². The van der Waals surface area contributed by atoms with E-state index in [1.165, 1.54) is 4.90 Å². The molecule has 0 spiro atoms. The van der Waals surface area contributed by atoms with Gasteiger partial charge in [-0.25, -0.2) is 4.79 Å². The Labute approximate surface area is 216 Å². The molecule has 4 N–H and O–H groups in total. The monoisotopic (exact) mass is 516 g/mol. The molecule has 1 aromatic carbocycles. The summed E-state index contributed by atoms with van der Waals surface area (Å²) in [4.78, 5) is 67.1. The van der Waals surface area contributed by atoms with Crippen molar-refractivity contribution in [3.05, 3.63) is 29.8 Å². The van der Waals surface area contributed by atoms with E-state index in [0.717, 1.165) is 0 Å². The number of hydrogen-bond donors (Lipinski definition) is 4. The van der Waals surface area contributed by atoms with E-state index in [1.807, 2.05) is 13.8 Å². The fourth-order valence-corrected chi connectivity index (χ4v) is 4.13. The van der Waals surface area contributed by atoms with E-state index in [4.69, 9.17) is 4.74 Å². The summed E-state index contributed by atoms with van der Waals surface area (Å²) in [6.07, 6.45) is 0.286. The van der Waals surface area contributed by atoms with Crippen molar-refractivity contribution in [3.8, 4) is 5.75 Å². The van der Waals surface area contributed by atoms with Crippen LogP contribution in [0.3, 0.4) is 0 Å². The summed E-state index contributed by atoms with van der Waals surface area (Å²) >= 11 is 0. The Morgan fingerprint density at radius 1 is 1.16 bits per heavy atom. The van der Waals surface area contributed by atoms with Crippen molar-refractivity contribution in [3.63, 3.8) is 0 Å². The van der Waals surface area contributed by atoms with Crippen molar-refractivity contribution >= 4 is 29.7 Å². The maximum absolute atomic E-state index is 13.1. The first-order valence-electron chi connectivity index (χ1n) is 12.6. The highest BCUT2D eigenvalue weighted by Crippen LogP contribution is 2.19. The molecular weight excluding hydrogens is 480 g/mol. The number of nitrogens with one attached hydrogen (secondary N) is 4. The zero-order chi connectivity index (χ0) is 26.9. The third-order valence-corrected chi connectivity index (χ3v) is 6.63. The molecule has 0 radical (unpaired) electrons. The quantitative estimate of drug-likeness (QED) is 0.408. The molecule has 0 aromatic heterocycles. The second-order valence-electron chi connectivity index (χ2n) is 9.28. The van der Waals surface area contributed by atoms with Crippen LogP contribution in [0.1, 0.15) is 37.0 Å². The van der Waals surface area contributed by atoms with Gasteiger partial charge < -0.3 is 35.8 Å². The summed E-state index contributed by atoms with van der Waals surface area (Å²) in [6, 6.07) is 4.38. The average molecular weight is 517 g/mol. The Balaban J connectivity index is 1.81. The molecule has 2 heterocycles. The Kier molecular flexibility index (Phi) is 9.70. The molecule has 0 unspecified atom stereocenters. The first-order valence-corrected chi connectivity index (χ1v) is 12.6. The smallest absolute Gasteiger partial charge is 0.317 e. The number of para-hydroxylation sites is 1. The fraction of sp³-hybridized carbons (Fsp3) is 0.560. The molecule has 202 valence electrons. The molecule has 2 aliphatic heterocycles. The Bertz CT molecular complexity index is 1020. The van der Waals surface area contributed by atoms with Gasteiger partial charge in [-0.1, -0.05) is 32.4 Å². The first kappa shape index (κ1) is 27.8. The standard InChI is InChI=1S/C25H36N6O6/c1-4-16(2)21-24(35)30(3)13-14-37-19-8-6-5-7-17(19)22(33)28-18(15-20(32)29-21)23(34)26-9-11-31-12-10-27-25(31)36/h5-8,16,18,21H,4,9-15H2,1-3H3,(H,26,34)(H,27,36)(H,28,33)(H,29,32)/t16-,18-,21-/m0/s1. The van der Waals surface area contributed by atoms with Gasteiger partial charge in [-0.05, 0) is 18.1 Å². The van der Waals surface area contributed by atoms with Crippen LogP contribution in [-0.2, 0) is 14.4 Å². The van der Waals surface area contributed by atoms with E-state index in [0.29, 0.717) is 25.3 Å². The molecule has 12 nitrogen and oxygen atoms in total. The van der Waals surface area contributed by atoms with Gasteiger partial charge in [0, 0.05) is 33.2 Å². The van der Waals surface area contributed by atoms with Gasteiger partial charge in [0.15, 0.2) is 0 Å². The van der Waals surface area contributed by atoms with Gasteiger partial charge in [-0.15, -0.1) is 0 Å². The number of nitrogens with zero attached hydrogens (tertiary/aromatic N) is 2. The van der Waals surface area contributed by atoms with Crippen molar-refractivity contribution in [2.24, 2.45) is 5.92 Å². The van der Waals surface area contributed by atoms with Gasteiger partial charge in [0.1, 0.15) is 24.4 Å². The molecule has 6 amide bonds. The minimum Gasteiger partial charge on any atom is -0.491 e. The lowest BCUT2D eigenvalue weighted by Gasteiger charge is -2.29. The Hall–Kier alpha value is -3.83. The van der Waals surface area contributed by atoms with E-state index in [1.54, 1.807) is 36.2 Å². The number of likely N-dealkylation sites (N-methyl/N-ethyl adjacent to an activating group) is 1. The van der Waals surface area contributed by atoms with Crippen molar-refractivity contribution in [2.75, 3.05) is 46.4 Å². The molecule has 12 heteroatoms. The molecular formula is C25H36N6O6. The highest BCUT2D eigenvalue weighted by molar-refractivity contribution is 6.01. The largest absolute Gasteiger partial charge is 0.491 e. The fourth-order valence-electron chi connectivity index (χ4n) is 4.13. The number of carbonyl (C=O) groups is 5. The van der Waals surface area contributed by atoms with Gasteiger partial charge in [-0.3, -0.25) is 19.2 Å². The summed E-state index contributed by atoms with van der Waals surface area (Å²) in [6.45, 7) is 5.71. The second-order valence-corrected chi connectivity index (χ2v) is 9.28. The van der Waals surface area contributed by atoms with Crippen LogP contribution < -0.4 is 26.0 Å². The molecule has 1 aromatic rings. The Morgan fingerprint density at radius 3 is 2.62 bits per heavy atom. The van der Waals surface area contributed by atoms with E-state index in [-0.39, 0.29) is 56.1 Å². The zero-order valence-corrected chi connectivity index (χ0v) is 21.5. The minimum atomic E-state index is -1.21. The first-order chi connectivity index (χ1) is 17.7. The van der Waals surface area contributed by atoms with E-state index >= 15 is 0 Å². The predicted molar refractivity (Wildman–Crippen MR) is 135 cm³/mol. The van der Waals surface area contributed by atoms with Gasteiger partial charge >= 0.3 is 6.03 Å². The van der Waals surface area contributed by atoms with Gasteiger partial charge in [-0.2, -0.15) is 0 Å². The number of fused-ring (bicyclic) bond motifs is 1. The van der Waals surface area contributed by atoms with Crippen molar-refractivity contribution in [1.82, 2.24) is 31.1 Å². The summed E-state index contributed by atoms with van der Waals surface area (Å²) < 4.78 is 5.81. The molecule has 3 rings (SSSR count). The maximum atomic E-state index is 13.1. The molecule has 1 fully saturated rings. The van der Waals surface area contributed by atoms with Crippen molar-refractivity contribution < 1.29 is 28.7 Å². The van der Waals surface area contributed by atoms with Crippen LogP contribution in [-0.4, -0.2) is 97.9 Å². The lowest BCUT2D eigenvalue weighted by Crippen LogP contribution is -2.54. The molecule has 0 saturated carbocycles. The average Bonchev–Trinajstić information content (AvgIpc) is 3.29. The predicted octanol–water partition coefficient (Wildman–Crippen LogP) is -0.302. The van der Waals surface area contributed by atoms with Crippen LogP contribution in [0.15, 0.2) is 24.3 Å². The van der Waals surface area contributed by atoms with Crippen LogP contribution in [0.2, 0.25) is 0 Å². The zero-order valence-electron chi connectivity index (χ0n) is 21.5. The molecule has 2 aliphatic rings. The SMILES string of the molecule is CC[C@H](C)[C@@H]1NC(=O)C[C@@H](C(=O)NCCN2CCNC2=O)NC(=O)c2ccccc2OCCN(C)C1=O. The molecule has 37 heavy (non-hydrogen) atoms. The second kappa shape index (κ2) is 12.9. The van der Waals surface area contributed by atoms with E-state index in [2.05, 4.69) is 21.3 Å². The number of rotatable bonds is 6. The minimum absolute atomic E-state index is 0.141. The highest BCUT2D eigenvalue weighted by atomic mass is 16.5. The van der Waals surface area contributed by atoms with Crippen LogP contribution in [0.5, 0.6) is 5.75 Å². The third kappa shape index (κ3) is 7.34. The number of hydrogen-bond acceptors (Lipinski definition) is 6. The van der Waals surface area contributed by atoms with Crippen LogP contribution >= 0.6 is 0 Å². The molecule has 0 bridgehead atoms. The number of carbonyl (C=O) groups excluding carboxylic acids is 5.